The molecule has 2 aromatic carbocycles. The topological polar surface area (TPSA) is 56.5 Å². The molecular formula is C19H28BrFN2O2S. The van der Waals surface area contributed by atoms with Gasteiger partial charge in [-0.2, -0.15) is 11.8 Å². The van der Waals surface area contributed by atoms with Crippen LogP contribution in [0.3, 0.4) is 0 Å². The molecule has 2 aromatic rings. The van der Waals surface area contributed by atoms with Crippen LogP contribution in [0.25, 0.3) is 0 Å². The smallest absolute Gasteiger partial charge is 0.161 e. The standard InChI is InChI=1S/C16H17BrFNO2.C2H6S.CH5N/c1-3-21-16-8-11(4-7-15(16)20-2)10-19-14-6-5-12(17)9-13(14)18;1-3-2;1-2/h4-9,19H,3,10H2,1-2H3;1-2H3;2H2,1H3. The van der Waals surface area contributed by atoms with E-state index in [1.807, 2.05) is 37.6 Å². The molecule has 0 unspecified atom stereocenters. The number of benzene rings is 2. The van der Waals surface area contributed by atoms with Crippen molar-refractivity contribution >= 4 is 33.4 Å². The zero-order valence-electron chi connectivity index (χ0n) is 15.9. The first-order valence-corrected chi connectivity index (χ1v) is 10.4. The quantitative estimate of drug-likeness (QED) is 0.641. The zero-order valence-corrected chi connectivity index (χ0v) is 18.3. The molecule has 0 radical (unpaired) electrons. The predicted octanol–water partition coefficient (Wildman–Crippen LogP) is 5.16. The predicted molar refractivity (Wildman–Crippen MR) is 115 cm³/mol. The molecule has 0 spiro atoms. The van der Waals surface area contributed by atoms with Crippen molar-refractivity contribution in [1.29, 1.82) is 0 Å². The lowest BCUT2D eigenvalue weighted by atomic mass is 10.2. The molecule has 4 nitrogen and oxygen atoms in total. The van der Waals surface area contributed by atoms with Crippen LogP contribution in [-0.2, 0) is 6.54 Å². The van der Waals surface area contributed by atoms with Crippen LogP contribution in [0, 0.1) is 5.82 Å². The molecule has 26 heavy (non-hydrogen) atoms. The lowest BCUT2D eigenvalue weighted by Crippen LogP contribution is -2.03. The monoisotopic (exact) mass is 446 g/mol. The molecule has 0 amide bonds. The van der Waals surface area contributed by atoms with Crippen molar-refractivity contribution < 1.29 is 13.9 Å². The first kappa shape index (κ1) is 24.6. The molecule has 0 saturated carbocycles. The molecule has 0 fully saturated rings. The van der Waals surface area contributed by atoms with Gasteiger partial charge >= 0.3 is 0 Å². The fourth-order valence-electron chi connectivity index (χ4n) is 1.93. The second kappa shape index (κ2) is 14.7. The number of nitrogens with two attached hydrogens (primary N) is 1. The van der Waals surface area contributed by atoms with Crippen LogP contribution in [0.4, 0.5) is 10.1 Å². The summed E-state index contributed by atoms with van der Waals surface area (Å²) in [5, 5.41) is 3.07. The van der Waals surface area contributed by atoms with Crippen LogP contribution in [-0.4, -0.2) is 33.3 Å². The summed E-state index contributed by atoms with van der Waals surface area (Å²) in [6, 6.07) is 10.6. The lowest BCUT2D eigenvalue weighted by Gasteiger charge is -2.12. The molecule has 0 aliphatic rings. The minimum Gasteiger partial charge on any atom is -0.493 e. The van der Waals surface area contributed by atoms with Crippen LogP contribution < -0.4 is 20.5 Å². The van der Waals surface area contributed by atoms with Gasteiger partial charge in [-0.1, -0.05) is 22.0 Å². The fraction of sp³-hybridized carbons (Fsp3) is 0.368. The van der Waals surface area contributed by atoms with E-state index in [0.29, 0.717) is 34.8 Å². The Hall–Kier alpha value is -1.44. The highest BCUT2D eigenvalue weighted by atomic mass is 79.9. The third-order valence-corrected chi connectivity index (χ3v) is 3.44. The van der Waals surface area contributed by atoms with E-state index in [2.05, 4.69) is 27.0 Å². The first-order chi connectivity index (χ1) is 12.5. The van der Waals surface area contributed by atoms with E-state index in [9.17, 15) is 4.39 Å². The number of rotatable bonds is 6. The number of methoxy groups -OCH3 is 1. The van der Waals surface area contributed by atoms with Crippen LogP contribution in [0.5, 0.6) is 11.5 Å². The van der Waals surface area contributed by atoms with Crippen LogP contribution in [0.2, 0.25) is 0 Å². The highest BCUT2D eigenvalue weighted by Crippen LogP contribution is 2.28. The maximum absolute atomic E-state index is 13.7. The third kappa shape index (κ3) is 8.78. The van der Waals surface area contributed by atoms with Crippen molar-refractivity contribution in [2.24, 2.45) is 5.73 Å². The maximum Gasteiger partial charge on any atom is 0.161 e. The maximum atomic E-state index is 13.7. The van der Waals surface area contributed by atoms with Crippen molar-refractivity contribution in [1.82, 2.24) is 0 Å². The Morgan fingerprint density at radius 1 is 1.12 bits per heavy atom. The van der Waals surface area contributed by atoms with E-state index in [4.69, 9.17) is 9.47 Å². The van der Waals surface area contributed by atoms with E-state index >= 15 is 0 Å². The summed E-state index contributed by atoms with van der Waals surface area (Å²) in [5.74, 6) is 1.09. The Morgan fingerprint density at radius 2 is 1.77 bits per heavy atom. The first-order valence-electron chi connectivity index (χ1n) is 8.02. The van der Waals surface area contributed by atoms with Gasteiger partial charge in [0.1, 0.15) is 5.82 Å². The summed E-state index contributed by atoms with van der Waals surface area (Å²) < 4.78 is 25.2. The minimum absolute atomic E-state index is 0.289. The highest BCUT2D eigenvalue weighted by Gasteiger charge is 2.07. The van der Waals surface area contributed by atoms with Crippen molar-refractivity contribution in [3.63, 3.8) is 0 Å². The highest BCUT2D eigenvalue weighted by molar-refractivity contribution is 9.10. The van der Waals surface area contributed by atoms with Crippen molar-refractivity contribution in [2.45, 2.75) is 13.5 Å². The van der Waals surface area contributed by atoms with E-state index in [0.717, 1.165) is 5.56 Å². The molecular weight excluding hydrogens is 419 g/mol. The fourth-order valence-corrected chi connectivity index (χ4v) is 2.26. The molecule has 0 aliphatic carbocycles. The van der Waals surface area contributed by atoms with Gasteiger partial charge in [-0.15, -0.1) is 0 Å². The second-order valence-corrected chi connectivity index (χ2v) is 6.54. The van der Waals surface area contributed by atoms with Crippen LogP contribution in [0.15, 0.2) is 40.9 Å². The number of thioether (sulfide) groups is 1. The Bertz CT molecular complexity index is 645. The lowest BCUT2D eigenvalue weighted by molar-refractivity contribution is 0.310. The number of hydrogen-bond acceptors (Lipinski definition) is 5. The number of halogens is 2. The Labute approximate surface area is 168 Å². The summed E-state index contributed by atoms with van der Waals surface area (Å²) in [5.41, 5.74) is 5.95. The van der Waals surface area contributed by atoms with E-state index in [-0.39, 0.29) is 5.82 Å². The summed E-state index contributed by atoms with van der Waals surface area (Å²) in [6.45, 7) is 2.98. The van der Waals surface area contributed by atoms with Gasteiger partial charge in [0, 0.05) is 11.0 Å². The average Bonchev–Trinajstić information content (AvgIpc) is 2.64. The summed E-state index contributed by atoms with van der Waals surface area (Å²) in [4.78, 5) is 0. The van der Waals surface area contributed by atoms with E-state index in [1.165, 1.54) is 13.1 Å². The molecule has 0 aromatic heterocycles. The molecule has 0 aliphatic heterocycles. The van der Waals surface area contributed by atoms with Gasteiger partial charge in [0.05, 0.1) is 19.4 Å². The molecule has 0 atom stereocenters. The van der Waals surface area contributed by atoms with Gasteiger partial charge in [-0.05, 0) is 62.4 Å². The molecule has 0 heterocycles. The van der Waals surface area contributed by atoms with E-state index < -0.39 is 0 Å². The Balaban J connectivity index is 0.00000113. The Kier molecular flexibility index (Phi) is 13.9. The van der Waals surface area contributed by atoms with Crippen molar-refractivity contribution in [3.05, 3.63) is 52.3 Å². The van der Waals surface area contributed by atoms with Gasteiger partial charge in [0.15, 0.2) is 11.5 Å². The van der Waals surface area contributed by atoms with Crippen LogP contribution >= 0.6 is 27.7 Å². The van der Waals surface area contributed by atoms with Gasteiger partial charge in [0.2, 0.25) is 0 Å². The van der Waals surface area contributed by atoms with Crippen LogP contribution in [0.1, 0.15) is 12.5 Å². The number of hydrogen-bond donors (Lipinski definition) is 2. The minimum atomic E-state index is -0.289. The number of anilines is 1. The summed E-state index contributed by atoms with van der Waals surface area (Å²) in [6.07, 6.45) is 4.08. The largest absolute Gasteiger partial charge is 0.493 e. The molecule has 3 N–H and O–H groups in total. The summed E-state index contributed by atoms with van der Waals surface area (Å²) in [7, 11) is 3.10. The number of nitrogens with one attached hydrogen (secondary N) is 1. The molecule has 2 rings (SSSR count). The molecule has 7 heteroatoms. The summed E-state index contributed by atoms with van der Waals surface area (Å²) >= 11 is 4.99. The molecule has 0 saturated heterocycles. The second-order valence-electron chi connectivity index (χ2n) is 4.80. The van der Waals surface area contributed by atoms with Gasteiger partial charge < -0.3 is 20.5 Å². The third-order valence-electron chi connectivity index (χ3n) is 2.94. The molecule has 146 valence electrons. The SMILES string of the molecule is CCOc1cc(CNc2ccc(Br)cc2F)ccc1OC.CN.CSC. The van der Waals surface area contributed by atoms with Gasteiger partial charge in [-0.3, -0.25) is 0 Å². The zero-order chi connectivity index (χ0) is 19.9. The van der Waals surface area contributed by atoms with Crippen molar-refractivity contribution in [2.75, 3.05) is 38.6 Å². The van der Waals surface area contributed by atoms with E-state index in [1.54, 1.807) is 31.0 Å². The van der Waals surface area contributed by atoms with Crippen molar-refractivity contribution in [3.8, 4) is 11.5 Å². The van der Waals surface area contributed by atoms with Gasteiger partial charge in [-0.25, -0.2) is 4.39 Å². The average molecular weight is 447 g/mol. The normalized spacial score (nSPS) is 9.23. The van der Waals surface area contributed by atoms with Gasteiger partial charge in [0.25, 0.3) is 0 Å². The Morgan fingerprint density at radius 3 is 2.31 bits per heavy atom. The molecule has 0 bridgehead atoms. The number of ether oxygens (including phenoxy) is 2.